The van der Waals surface area contributed by atoms with Gasteiger partial charge in [-0.25, -0.2) is 4.98 Å². The number of hydrogen-bond donors (Lipinski definition) is 1. The van der Waals surface area contributed by atoms with Gasteiger partial charge in [-0.3, -0.25) is 10.4 Å². The first kappa shape index (κ1) is 20.4. The first-order valence-electron chi connectivity index (χ1n) is 11.2. The maximum Gasteiger partial charge on any atom is 0.228 e. The molecule has 1 atom stereocenters. The lowest BCUT2D eigenvalue weighted by Gasteiger charge is -2.29. The van der Waals surface area contributed by atoms with Crippen molar-refractivity contribution >= 4 is 10.8 Å². The highest BCUT2D eigenvalue weighted by molar-refractivity contribution is 5.91. The Labute approximate surface area is 187 Å². The van der Waals surface area contributed by atoms with Crippen molar-refractivity contribution in [3.8, 4) is 11.6 Å². The largest absolute Gasteiger partial charge is 0.438 e. The number of rotatable bonds is 6. The van der Waals surface area contributed by atoms with Crippen LogP contribution >= 0.6 is 0 Å². The van der Waals surface area contributed by atoms with Gasteiger partial charge in [0, 0.05) is 42.4 Å². The zero-order valence-corrected chi connectivity index (χ0v) is 18.5. The van der Waals surface area contributed by atoms with E-state index < -0.39 is 0 Å². The molecule has 0 saturated carbocycles. The van der Waals surface area contributed by atoms with E-state index in [1.165, 1.54) is 0 Å². The Bertz CT molecular complexity index is 1310. The topological polar surface area (TPSA) is 67.0 Å². The first-order valence-corrected chi connectivity index (χ1v) is 11.2. The summed E-state index contributed by atoms with van der Waals surface area (Å²) in [5.74, 6) is 1.16. The molecule has 0 amide bonds. The van der Waals surface area contributed by atoms with E-state index in [0.717, 1.165) is 52.8 Å². The van der Waals surface area contributed by atoms with Crippen molar-refractivity contribution in [3.05, 3.63) is 89.4 Å². The van der Waals surface area contributed by atoms with Crippen molar-refractivity contribution in [1.29, 1.82) is 5.41 Å². The Kier molecular flexibility index (Phi) is 5.45. The number of hydrogen-bond acceptors (Lipinski definition) is 5. The van der Waals surface area contributed by atoms with Gasteiger partial charge in [0.2, 0.25) is 5.88 Å². The number of ether oxygens (including phenoxy) is 1. The van der Waals surface area contributed by atoms with E-state index in [0.29, 0.717) is 17.9 Å². The molecule has 1 unspecified atom stereocenters. The fraction of sp³-hybridized carbons (Fsp3) is 0.269. The summed E-state index contributed by atoms with van der Waals surface area (Å²) in [4.78, 5) is 11.4. The maximum atomic E-state index is 9.07. The van der Waals surface area contributed by atoms with E-state index in [9.17, 15) is 0 Å². The lowest BCUT2D eigenvalue weighted by atomic mass is 9.83. The van der Waals surface area contributed by atoms with Crippen LogP contribution in [0, 0.1) is 5.41 Å². The van der Waals surface area contributed by atoms with Crippen LogP contribution in [0.1, 0.15) is 36.5 Å². The summed E-state index contributed by atoms with van der Waals surface area (Å²) < 4.78 is 8.30. The van der Waals surface area contributed by atoms with Crippen molar-refractivity contribution in [3.63, 3.8) is 0 Å². The van der Waals surface area contributed by atoms with Crippen LogP contribution in [0.25, 0.3) is 10.8 Å². The third-order valence-electron chi connectivity index (χ3n) is 6.36. The zero-order chi connectivity index (χ0) is 22.1. The average molecular weight is 426 g/mol. The highest BCUT2D eigenvalue weighted by atomic mass is 16.5. The Morgan fingerprint density at radius 1 is 1.06 bits per heavy atom. The molecule has 2 aromatic carbocycles. The van der Waals surface area contributed by atoms with Crippen LogP contribution in [0.4, 0.5) is 0 Å². The van der Waals surface area contributed by atoms with Crippen molar-refractivity contribution in [2.24, 2.45) is 0 Å². The molecule has 3 heterocycles. The van der Waals surface area contributed by atoms with Gasteiger partial charge >= 0.3 is 0 Å². The number of likely N-dealkylation sites (N-methyl/N-ethyl adjacent to an activating group) is 1. The SMILES string of the molecule is CCN(CC)CCn1cnc2c(c1=N)C(c1cccnc1)c1ccc3ccccc3c1O2. The van der Waals surface area contributed by atoms with Crippen molar-refractivity contribution in [1.82, 2.24) is 19.4 Å². The molecule has 5 rings (SSSR count). The number of fused-ring (bicyclic) bond motifs is 4. The molecular weight excluding hydrogens is 398 g/mol. The molecule has 1 aliphatic heterocycles. The Morgan fingerprint density at radius 2 is 1.91 bits per heavy atom. The fourth-order valence-corrected chi connectivity index (χ4v) is 4.55. The molecule has 0 fully saturated rings. The van der Waals surface area contributed by atoms with Gasteiger partial charge < -0.3 is 14.2 Å². The summed E-state index contributed by atoms with van der Waals surface area (Å²) in [6.45, 7) is 7.90. The van der Waals surface area contributed by atoms with Crippen molar-refractivity contribution in [2.75, 3.05) is 19.6 Å². The molecule has 0 spiro atoms. The van der Waals surface area contributed by atoms with Crippen LogP contribution in [0.2, 0.25) is 0 Å². The standard InChI is InChI=1S/C26H27N5O/c1-3-30(4-2)14-15-31-17-29-26-23(25(31)27)22(19-9-7-13-28-16-19)21-12-11-18-8-5-6-10-20(18)24(21)32-26/h5-13,16-17,22,27H,3-4,14-15H2,1-2H3. The molecule has 0 aliphatic carbocycles. The Balaban J connectivity index is 1.67. The minimum Gasteiger partial charge on any atom is -0.438 e. The van der Waals surface area contributed by atoms with Gasteiger partial charge in [-0.1, -0.05) is 56.3 Å². The van der Waals surface area contributed by atoms with Crippen LogP contribution < -0.4 is 10.2 Å². The molecular formula is C26H27N5O. The predicted molar refractivity (Wildman–Crippen MR) is 125 cm³/mol. The number of pyridine rings is 1. The van der Waals surface area contributed by atoms with Gasteiger partial charge in [0.1, 0.15) is 17.6 Å². The van der Waals surface area contributed by atoms with Crippen molar-refractivity contribution < 1.29 is 4.74 Å². The maximum absolute atomic E-state index is 9.07. The molecule has 0 radical (unpaired) electrons. The van der Waals surface area contributed by atoms with E-state index in [1.807, 2.05) is 29.0 Å². The molecule has 4 aromatic rings. The molecule has 0 saturated heterocycles. The fourth-order valence-electron chi connectivity index (χ4n) is 4.55. The number of nitrogens with zero attached hydrogens (tertiary/aromatic N) is 4. The van der Waals surface area contributed by atoms with E-state index in [1.54, 1.807) is 12.5 Å². The summed E-state index contributed by atoms with van der Waals surface area (Å²) in [5, 5.41) is 11.2. The lowest BCUT2D eigenvalue weighted by Crippen LogP contribution is -2.34. The molecule has 162 valence electrons. The minimum absolute atomic E-state index is 0.159. The second kappa shape index (κ2) is 8.55. The molecule has 1 aliphatic rings. The smallest absolute Gasteiger partial charge is 0.228 e. The molecule has 1 N–H and O–H groups in total. The monoisotopic (exact) mass is 425 g/mol. The normalized spacial score (nSPS) is 14.8. The third kappa shape index (κ3) is 3.46. The number of nitrogens with one attached hydrogen (secondary N) is 1. The molecule has 6 heteroatoms. The molecule has 32 heavy (non-hydrogen) atoms. The van der Waals surface area contributed by atoms with E-state index in [-0.39, 0.29) is 5.92 Å². The van der Waals surface area contributed by atoms with E-state index in [2.05, 4.69) is 59.0 Å². The van der Waals surface area contributed by atoms with Crippen LogP contribution in [-0.2, 0) is 6.54 Å². The van der Waals surface area contributed by atoms with Gasteiger partial charge in [-0.15, -0.1) is 0 Å². The van der Waals surface area contributed by atoms with Crippen LogP contribution in [0.15, 0.2) is 67.3 Å². The second-order valence-electron chi connectivity index (χ2n) is 8.06. The molecule has 0 bridgehead atoms. The third-order valence-corrected chi connectivity index (χ3v) is 6.36. The second-order valence-corrected chi connectivity index (χ2v) is 8.06. The van der Waals surface area contributed by atoms with E-state index >= 15 is 0 Å². The lowest BCUT2D eigenvalue weighted by molar-refractivity contribution is 0.286. The summed E-state index contributed by atoms with van der Waals surface area (Å²) in [6.07, 6.45) is 5.40. The molecule has 2 aromatic heterocycles. The van der Waals surface area contributed by atoms with Gasteiger partial charge in [-0.2, -0.15) is 0 Å². The van der Waals surface area contributed by atoms with Crippen molar-refractivity contribution in [2.45, 2.75) is 26.3 Å². The summed E-state index contributed by atoms with van der Waals surface area (Å²) in [7, 11) is 0. The number of aromatic nitrogens is 3. The zero-order valence-electron chi connectivity index (χ0n) is 18.5. The Morgan fingerprint density at radius 3 is 2.69 bits per heavy atom. The summed E-state index contributed by atoms with van der Waals surface area (Å²) in [6, 6.07) is 16.5. The molecule has 6 nitrogen and oxygen atoms in total. The summed E-state index contributed by atoms with van der Waals surface area (Å²) in [5.41, 5.74) is 3.31. The summed E-state index contributed by atoms with van der Waals surface area (Å²) >= 11 is 0. The highest BCUT2D eigenvalue weighted by Gasteiger charge is 2.33. The van der Waals surface area contributed by atoms with Gasteiger partial charge in [0.25, 0.3) is 0 Å². The van der Waals surface area contributed by atoms with Crippen LogP contribution in [-0.4, -0.2) is 39.1 Å². The number of benzene rings is 2. The van der Waals surface area contributed by atoms with Gasteiger partial charge in [0.05, 0.1) is 5.56 Å². The van der Waals surface area contributed by atoms with Gasteiger partial charge in [0.15, 0.2) is 0 Å². The van der Waals surface area contributed by atoms with Crippen LogP contribution in [0.5, 0.6) is 11.6 Å². The average Bonchev–Trinajstić information content (AvgIpc) is 2.85. The highest BCUT2D eigenvalue weighted by Crippen LogP contribution is 2.47. The Hall–Kier alpha value is -3.51. The van der Waals surface area contributed by atoms with E-state index in [4.69, 9.17) is 10.1 Å². The van der Waals surface area contributed by atoms with Gasteiger partial charge in [-0.05, 0) is 30.1 Å². The first-order chi connectivity index (χ1) is 15.7. The van der Waals surface area contributed by atoms with Crippen LogP contribution in [0.3, 0.4) is 0 Å². The predicted octanol–water partition coefficient (Wildman–Crippen LogP) is 4.54. The minimum atomic E-state index is -0.159. The quantitative estimate of drug-likeness (QED) is 0.434.